The van der Waals surface area contributed by atoms with Gasteiger partial charge in [-0.3, -0.25) is 4.79 Å². The Morgan fingerprint density at radius 2 is 0.824 bits per heavy atom. The Labute approximate surface area is 215 Å². The highest BCUT2D eigenvalue weighted by Crippen LogP contribution is 2.13. The highest BCUT2D eigenvalue weighted by Gasteiger charge is 2.02. The van der Waals surface area contributed by atoms with Gasteiger partial charge in [0.2, 0.25) is 0 Å². The maximum atomic E-state index is 11.8. The summed E-state index contributed by atoms with van der Waals surface area (Å²) in [7, 11) is 0. The van der Waals surface area contributed by atoms with Gasteiger partial charge in [-0.05, 0) is 38.5 Å². The van der Waals surface area contributed by atoms with E-state index in [9.17, 15) is 4.79 Å². The van der Waals surface area contributed by atoms with Crippen molar-refractivity contribution in [3.05, 3.63) is 12.2 Å². The molecule has 0 aliphatic rings. The van der Waals surface area contributed by atoms with E-state index in [2.05, 4.69) is 26.0 Å². The van der Waals surface area contributed by atoms with Crippen LogP contribution in [0, 0.1) is 0 Å². The van der Waals surface area contributed by atoms with E-state index < -0.39 is 0 Å². The largest absolute Gasteiger partial charge is 0.466 e. The molecule has 0 aliphatic carbocycles. The molecule has 0 atom stereocenters. The molecule has 0 spiro atoms. The van der Waals surface area contributed by atoms with Crippen LogP contribution in [-0.4, -0.2) is 12.6 Å². The Morgan fingerprint density at radius 1 is 0.471 bits per heavy atom. The number of carbonyl (C=O) groups is 1. The van der Waals surface area contributed by atoms with Crippen LogP contribution in [0.15, 0.2) is 12.2 Å². The van der Waals surface area contributed by atoms with Crippen LogP contribution in [0.4, 0.5) is 0 Å². The minimum Gasteiger partial charge on any atom is -0.466 e. The summed E-state index contributed by atoms with van der Waals surface area (Å²) in [6.07, 6.45) is 38.2. The van der Waals surface area contributed by atoms with Gasteiger partial charge >= 0.3 is 5.97 Å². The van der Waals surface area contributed by atoms with Crippen molar-refractivity contribution in [2.75, 3.05) is 6.61 Å². The van der Waals surface area contributed by atoms with E-state index in [4.69, 9.17) is 4.74 Å². The monoisotopic (exact) mass is 478 g/mol. The third-order valence-corrected chi connectivity index (χ3v) is 6.90. The molecule has 0 aromatic rings. The van der Waals surface area contributed by atoms with E-state index in [1.54, 1.807) is 0 Å². The smallest absolute Gasteiger partial charge is 0.305 e. The van der Waals surface area contributed by atoms with E-state index in [-0.39, 0.29) is 5.97 Å². The van der Waals surface area contributed by atoms with Crippen molar-refractivity contribution in [3.8, 4) is 0 Å². The predicted molar refractivity (Wildman–Crippen MR) is 151 cm³/mol. The second-order valence-electron chi connectivity index (χ2n) is 10.4. The lowest BCUT2D eigenvalue weighted by molar-refractivity contribution is -0.143. The van der Waals surface area contributed by atoms with E-state index in [0.29, 0.717) is 13.0 Å². The molecule has 34 heavy (non-hydrogen) atoms. The molecule has 0 aromatic carbocycles. The minimum atomic E-state index is 0.0173. The summed E-state index contributed by atoms with van der Waals surface area (Å²) in [6, 6.07) is 0. The van der Waals surface area contributed by atoms with Gasteiger partial charge < -0.3 is 4.74 Å². The first-order chi connectivity index (χ1) is 16.8. The zero-order valence-corrected chi connectivity index (χ0v) is 23.6. The number of hydrogen-bond donors (Lipinski definition) is 0. The van der Waals surface area contributed by atoms with Gasteiger partial charge in [0.1, 0.15) is 0 Å². The number of unbranched alkanes of at least 4 members (excludes halogenated alkanes) is 22. The Balaban J connectivity index is 3.19. The number of carbonyl (C=O) groups excluding carboxylic acids is 1. The van der Waals surface area contributed by atoms with Crippen molar-refractivity contribution < 1.29 is 9.53 Å². The lowest BCUT2D eigenvalue weighted by atomic mass is 10.1. The van der Waals surface area contributed by atoms with Crippen molar-refractivity contribution in [2.24, 2.45) is 0 Å². The maximum Gasteiger partial charge on any atom is 0.305 e. The second-order valence-corrected chi connectivity index (χ2v) is 10.4. The number of ether oxygens (including phenoxy) is 1. The molecule has 0 rings (SSSR count). The molecule has 0 heterocycles. The van der Waals surface area contributed by atoms with E-state index in [1.807, 2.05) is 0 Å². The minimum absolute atomic E-state index is 0.0173. The quantitative estimate of drug-likeness (QED) is 0.0634. The second kappa shape index (κ2) is 30.2. The maximum absolute atomic E-state index is 11.8. The molecule has 2 heteroatoms. The molecule has 0 saturated carbocycles. The summed E-state index contributed by atoms with van der Waals surface area (Å²) in [6.45, 7) is 5.18. The first kappa shape index (κ1) is 33.2. The summed E-state index contributed by atoms with van der Waals surface area (Å²) >= 11 is 0. The van der Waals surface area contributed by atoms with E-state index in [1.165, 1.54) is 148 Å². The zero-order chi connectivity index (χ0) is 24.8. The topological polar surface area (TPSA) is 26.3 Å². The van der Waals surface area contributed by atoms with Gasteiger partial charge in [-0.2, -0.15) is 0 Å². The molecule has 0 amide bonds. The molecule has 0 fully saturated rings. The highest BCUT2D eigenvalue weighted by molar-refractivity contribution is 5.69. The Morgan fingerprint density at radius 3 is 1.26 bits per heavy atom. The first-order valence-electron chi connectivity index (χ1n) is 15.6. The fraction of sp³-hybridized carbons (Fsp3) is 0.906. The molecule has 0 unspecified atom stereocenters. The molecular weight excluding hydrogens is 416 g/mol. The van der Waals surface area contributed by atoms with Crippen LogP contribution in [0.2, 0.25) is 0 Å². The van der Waals surface area contributed by atoms with Gasteiger partial charge in [0.05, 0.1) is 6.61 Å². The molecule has 0 aromatic heterocycles. The summed E-state index contributed by atoms with van der Waals surface area (Å²) in [5.41, 5.74) is 0. The Kier molecular flexibility index (Phi) is 29.5. The lowest BCUT2D eigenvalue weighted by Crippen LogP contribution is -2.05. The molecule has 0 bridgehead atoms. The fourth-order valence-electron chi connectivity index (χ4n) is 4.54. The van der Waals surface area contributed by atoms with Gasteiger partial charge in [0, 0.05) is 6.42 Å². The molecule has 0 N–H and O–H groups in total. The Hall–Kier alpha value is -0.790. The predicted octanol–water partition coefficient (Wildman–Crippen LogP) is 11.3. The van der Waals surface area contributed by atoms with Crippen molar-refractivity contribution >= 4 is 5.97 Å². The molecule has 202 valence electrons. The molecule has 0 aliphatic heterocycles. The lowest BCUT2D eigenvalue weighted by Gasteiger charge is -2.05. The number of allylic oxidation sites excluding steroid dienone is 2. The van der Waals surface area contributed by atoms with E-state index in [0.717, 1.165) is 12.8 Å². The van der Waals surface area contributed by atoms with Crippen LogP contribution in [-0.2, 0) is 9.53 Å². The molecule has 0 saturated heterocycles. The summed E-state index contributed by atoms with van der Waals surface area (Å²) in [5.74, 6) is 0.0173. The summed E-state index contributed by atoms with van der Waals surface area (Å²) in [5, 5.41) is 0. The molecular formula is C32H62O2. The average molecular weight is 479 g/mol. The third-order valence-electron chi connectivity index (χ3n) is 6.90. The van der Waals surface area contributed by atoms with Gasteiger partial charge in [0.15, 0.2) is 0 Å². The average Bonchev–Trinajstić information content (AvgIpc) is 2.84. The van der Waals surface area contributed by atoms with Crippen molar-refractivity contribution in [1.29, 1.82) is 0 Å². The number of rotatable bonds is 28. The fourth-order valence-corrected chi connectivity index (χ4v) is 4.54. The van der Waals surface area contributed by atoms with E-state index >= 15 is 0 Å². The van der Waals surface area contributed by atoms with Crippen LogP contribution < -0.4 is 0 Å². The van der Waals surface area contributed by atoms with Gasteiger partial charge in [-0.25, -0.2) is 0 Å². The van der Waals surface area contributed by atoms with Crippen LogP contribution >= 0.6 is 0 Å². The highest BCUT2D eigenvalue weighted by atomic mass is 16.5. The standard InChI is InChI=1S/C32H62O2/c1-3-5-7-9-11-13-15-16-17-18-19-21-23-25-27-29-31-34-32(33)30-28-26-24-22-20-14-12-10-8-6-4-2/h16-17H,3-15,18-31H2,1-2H3. The van der Waals surface area contributed by atoms with Crippen molar-refractivity contribution in [2.45, 2.75) is 181 Å². The van der Waals surface area contributed by atoms with Crippen LogP contribution in [0.1, 0.15) is 181 Å². The summed E-state index contributed by atoms with van der Waals surface area (Å²) < 4.78 is 5.40. The van der Waals surface area contributed by atoms with Crippen LogP contribution in [0.3, 0.4) is 0 Å². The van der Waals surface area contributed by atoms with Gasteiger partial charge in [-0.1, -0.05) is 148 Å². The number of hydrogen-bond acceptors (Lipinski definition) is 2. The summed E-state index contributed by atoms with van der Waals surface area (Å²) in [4.78, 5) is 11.8. The SMILES string of the molecule is CCCCCCCCC=CCCCCCCCCOC(=O)CCCCCCCCCCCCC. The van der Waals surface area contributed by atoms with Crippen LogP contribution in [0.25, 0.3) is 0 Å². The number of esters is 1. The van der Waals surface area contributed by atoms with Gasteiger partial charge in [-0.15, -0.1) is 0 Å². The normalized spacial score (nSPS) is 11.5. The Bertz CT molecular complexity index is 415. The van der Waals surface area contributed by atoms with Crippen molar-refractivity contribution in [1.82, 2.24) is 0 Å². The van der Waals surface area contributed by atoms with Crippen molar-refractivity contribution in [3.63, 3.8) is 0 Å². The van der Waals surface area contributed by atoms with Crippen LogP contribution in [0.5, 0.6) is 0 Å². The van der Waals surface area contributed by atoms with Gasteiger partial charge in [0.25, 0.3) is 0 Å². The first-order valence-corrected chi connectivity index (χ1v) is 15.6. The third kappa shape index (κ3) is 29.2. The molecule has 0 radical (unpaired) electrons. The zero-order valence-electron chi connectivity index (χ0n) is 23.6. The molecule has 2 nitrogen and oxygen atoms in total.